The van der Waals surface area contributed by atoms with E-state index in [1.807, 2.05) is 20.8 Å². The lowest BCUT2D eigenvalue weighted by atomic mass is 9.92. The molecular weight excluding hydrogens is 487 g/mol. The maximum Gasteiger partial charge on any atom is 0.326 e. The van der Waals surface area contributed by atoms with Gasteiger partial charge in [0.15, 0.2) is 5.65 Å². The Morgan fingerprint density at radius 1 is 1.25 bits per heavy atom. The van der Waals surface area contributed by atoms with Gasteiger partial charge in [-0.1, -0.05) is 32.0 Å². The van der Waals surface area contributed by atoms with Crippen molar-refractivity contribution in [2.24, 2.45) is 0 Å². The average Bonchev–Trinajstić information content (AvgIpc) is 3.54. The van der Waals surface area contributed by atoms with Crippen LogP contribution >= 0.6 is 0 Å². The number of fused-ring (bicyclic) bond motifs is 1. The largest absolute Gasteiger partial charge is 0.383 e. The number of rotatable bonds is 4. The third-order valence-corrected chi connectivity index (χ3v) is 7.37. The molecule has 0 aliphatic carbocycles. The van der Waals surface area contributed by atoms with Gasteiger partial charge >= 0.3 is 6.03 Å². The maximum absolute atomic E-state index is 15.0. The molecule has 4 heterocycles. The number of amides is 2. The molecule has 2 amide bonds. The second kappa shape index (κ2) is 8.97. The summed E-state index contributed by atoms with van der Waals surface area (Å²) in [6.07, 6.45) is 2.04. The first-order valence-electron chi connectivity index (χ1n) is 11.3. The van der Waals surface area contributed by atoms with Crippen molar-refractivity contribution in [1.82, 2.24) is 24.9 Å². The summed E-state index contributed by atoms with van der Waals surface area (Å²) in [6.45, 7) is 5.89. The molecule has 0 spiro atoms. The van der Waals surface area contributed by atoms with E-state index < -0.39 is 22.6 Å². The lowest BCUT2D eigenvalue weighted by Crippen LogP contribution is -2.20. The molecule has 4 N–H and O–H groups in total. The second-order valence-electron chi connectivity index (χ2n) is 9.60. The van der Waals surface area contributed by atoms with Gasteiger partial charge in [0.05, 0.1) is 22.8 Å². The van der Waals surface area contributed by atoms with Gasteiger partial charge in [-0.25, -0.2) is 23.8 Å². The number of anilines is 3. The molecular formula is C23H25FN8O3S. The van der Waals surface area contributed by atoms with Crippen molar-refractivity contribution in [3.63, 3.8) is 0 Å². The highest BCUT2D eigenvalue weighted by molar-refractivity contribution is 7.85. The van der Waals surface area contributed by atoms with Crippen LogP contribution in [0.4, 0.5) is 26.6 Å². The van der Waals surface area contributed by atoms with Crippen LogP contribution in [0.1, 0.15) is 38.9 Å². The minimum absolute atomic E-state index is 0.0361. The molecule has 0 radical (unpaired) electrons. The number of nitrogens with one attached hydrogen (secondary N) is 2. The molecule has 5 rings (SSSR count). The molecule has 36 heavy (non-hydrogen) atoms. The van der Waals surface area contributed by atoms with Gasteiger partial charge < -0.3 is 15.6 Å². The van der Waals surface area contributed by atoms with E-state index in [0.29, 0.717) is 45.9 Å². The van der Waals surface area contributed by atoms with E-state index in [-0.39, 0.29) is 28.8 Å². The van der Waals surface area contributed by atoms with Crippen LogP contribution in [0, 0.1) is 5.82 Å². The molecule has 1 fully saturated rings. The van der Waals surface area contributed by atoms with Gasteiger partial charge in [0.1, 0.15) is 23.7 Å². The zero-order valence-electron chi connectivity index (χ0n) is 19.9. The molecule has 13 heteroatoms. The third kappa shape index (κ3) is 4.53. The SMILES string of the molecule is CC(C)(C)c1cc(NC(=O)Nc2ccc(-c3nn(C4CCS(=O)C4)c4ncnc(N)c34)cc2F)on1. The average molecular weight is 513 g/mol. The van der Waals surface area contributed by atoms with Crippen molar-refractivity contribution < 1.29 is 17.9 Å². The van der Waals surface area contributed by atoms with E-state index in [9.17, 15) is 9.00 Å². The zero-order valence-corrected chi connectivity index (χ0v) is 20.7. The minimum atomic E-state index is -0.920. The van der Waals surface area contributed by atoms with Gasteiger partial charge in [0.25, 0.3) is 0 Å². The van der Waals surface area contributed by atoms with Crippen LogP contribution in [0.5, 0.6) is 0 Å². The highest BCUT2D eigenvalue weighted by Gasteiger charge is 2.28. The van der Waals surface area contributed by atoms with Crippen LogP contribution in [-0.2, 0) is 16.2 Å². The summed E-state index contributed by atoms with van der Waals surface area (Å²) in [5.74, 6) is 0.744. The Labute approximate surface area is 208 Å². The summed E-state index contributed by atoms with van der Waals surface area (Å²) in [7, 11) is -0.920. The van der Waals surface area contributed by atoms with Crippen LogP contribution in [0.15, 0.2) is 35.1 Å². The number of halogens is 1. The summed E-state index contributed by atoms with van der Waals surface area (Å²) in [4.78, 5) is 20.8. The molecule has 1 aliphatic heterocycles. The van der Waals surface area contributed by atoms with Crippen molar-refractivity contribution in [3.8, 4) is 11.3 Å². The summed E-state index contributed by atoms with van der Waals surface area (Å²) < 4.78 is 33.8. The van der Waals surface area contributed by atoms with Crippen LogP contribution < -0.4 is 16.4 Å². The number of aromatic nitrogens is 5. The predicted octanol–water partition coefficient (Wildman–Crippen LogP) is 3.84. The molecule has 11 nitrogen and oxygen atoms in total. The lowest BCUT2D eigenvalue weighted by Gasteiger charge is -2.12. The van der Waals surface area contributed by atoms with Crippen molar-refractivity contribution >= 4 is 45.3 Å². The smallest absolute Gasteiger partial charge is 0.326 e. The van der Waals surface area contributed by atoms with Gasteiger partial charge in [0.2, 0.25) is 5.88 Å². The lowest BCUT2D eigenvalue weighted by molar-refractivity contribution is 0.261. The first-order chi connectivity index (χ1) is 17.1. The summed E-state index contributed by atoms with van der Waals surface area (Å²) in [6, 6.07) is 5.15. The van der Waals surface area contributed by atoms with Gasteiger partial charge in [-0.15, -0.1) is 0 Å². The minimum Gasteiger partial charge on any atom is -0.383 e. The number of nitrogens with zero attached hydrogens (tertiary/aromatic N) is 5. The molecule has 0 saturated carbocycles. The van der Waals surface area contributed by atoms with E-state index in [1.54, 1.807) is 16.8 Å². The number of carbonyl (C=O) groups is 1. The third-order valence-electron chi connectivity index (χ3n) is 5.93. The summed E-state index contributed by atoms with van der Waals surface area (Å²) >= 11 is 0. The van der Waals surface area contributed by atoms with Gasteiger partial charge in [-0.3, -0.25) is 9.53 Å². The number of carbonyl (C=O) groups excluding carboxylic acids is 1. The van der Waals surface area contributed by atoms with E-state index in [4.69, 9.17) is 10.3 Å². The van der Waals surface area contributed by atoms with Gasteiger partial charge in [-0.05, 0) is 18.6 Å². The van der Waals surface area contributed by atoms with Crippen LogP contribution in [0.25, 0.3) is 22.3 Å². The number of hydrogen-bond acceptors (Lipinski definition) is 8. The van der Waals surface area contributed by atoms with Crippen molar-refractivity contribution in [2.75, 3.05) is 27.9 Å². The maximum atomic E-state index is 15.0. The normalized spacial score (nSPS) is 18.0. The highest BCUT2D eigenvalue weighted by atomic mass is 32.2. The number of nitrogen functional groups attached to an aromatic ring is 1. The molecule has 188 valence electrons. The Balaban J connectivity index is 1.40. The fraction of sp³-hybridized carbons (Fsp3) is 0.348. The second-order valence-corrected chi connectivity index (χ2v) is 11.2. The number of urea groups is 1. The van der Waals surface area contributed by atoms with Crippen molar-refractivity contribution in [1.29, 1.82) is 0 Å². The van der Waals surface area contributed by atoms with Crippen molar-refractivity contribution in [2.45, 2.75) is 38.6 Å². The van der Waals surface area contributed by atoms with Crippen LogP contribution in [-0.4, -0.2) is 46.7 Å². The Morgan fingerprint density at radius 2 is 2.06 bits per heavy atom. The molecule has 1 saturated heterocycles. The highest BCUT2D eigenvalue weighted by Crippen LogP contribution is 2.35. The van der Waals surface area contributed by atoms with Gasteiger partial charge in [0, 0.05) is 39.4 Å². The first kappa shape index (κ1) is 23.9. The first-order valence-corrected chi connectivity index (χ1v) is 12.8. The molecule has 4 aromatic rings. The molecule has 1 aliphatic rings. The Bertz CT molecular complexity index is 1490. The summed E-state index contributed by atoms with van der Waals surface area (Å²) in [5, 5.41) is 14.1. The summed E-state index contributed by atoms with van der Waals surface area (Å²) in [5.41, 5.74) is 7.87. The van der Waals surface area contributed by atoms with E-state index >= 15 is 4.39 Å². The Hall–Kier alpha value is -3.87. The Morgan fingerprint density at radius 3 is 2.72 bits per heavy atom. The molecule has 2 unspecified atom stereocenters. The monoisotopic (exact) mass is 512 g/mol. The molecule has 1 aromatic carbocycles. The standard InChI is InChI=1S/C23H25FN8O3S/c1-23(2,3)16-9-17(35-31-16)29-22(33)28-15-5-4-12(8-14(15)24)19-18-20(25)26-11-27-21(18)32(30-19)13-6-7-36(34)10-13/h4-5,8-9,11,13H,6-7,10H2,1-3H3,(H2,25,26,27)(H2,28,29,33). The van der Waals surface area contributed by atoms with Crippen molar-refractivity contribution in [3.05, 3.63) is 42.1 Å². The topological polar surface area (TPSA) is 154 Å². The van der Waals surface area contributed by atoms with Gasteiger partial charge in [-0.2, -0.15) is 5.10 Å². The molecule has 3 aromatic heterocycles. The molecule has 0 bridgehead atoms. The quantitative estimate of drug-likeness (QED) is 0.373. The van der Waals surface area contributed by atoms with E-state index in [0.717, 1.165) is 0 Å². The fourth-order valence-electron chi connectivity index (χ4n) is 4.01. The van der Waals surface area contributed by atoms with Crippen LogP contribution in [0.3, 0.4) is 0 Å². The Kier molecular flexibility index (Phi) is 5.94. The number of hydrogen-bond donors (Lipinski definition) is 3. The number of benzene rings is 1. The predicted molar refractivity (Wildman–Crippen MR) is 135 cm³/mol. The number of nitrogens with two attached hydrogens (primary N) is 1. The fourth-order valence-corrected chi connectivity index (χ4v) is 5.45. The molecule has 2 atom stereocenters. The van der Waals surface area contributed by atoms with E-state index in [1.165, 1.54) is 18.5 Å². The van der Waals surface area contributed by atoms with E-state index in [2.05, 4.69) is 30.9 Å². The zero-order chi connectivity index (χ0) is 25.6. The van der Waals surface area contributed by atoms with Crippen LogP contribution in [0.2, 0.25) is 0 Å².